The fourth-order valence-corrected chi connectivity index (χ4v) is 1.76. The quantitative estimate of drug-likeness (QED) is 0.862. The van der Waals surface area contributed by atoms with Gasteiger partial charge in [-0.2, -0.15) is 0 Å². The lowest BCUT2D eigenvalue weighted by molar-refractivity contribution is -0.117. The van der Waals surface area contributed by atoms with Crippen LogP contribution in [0.4, 0.5) is 5.69 Å². The van der Waals surface area contributed by atoms with Gasteiger partial charge in [0.05, 0.1) is 5.92 Å². The zero-order chi connectivity index (χ0) is 13.1. The molecule has 1 atom stereocenters. The van der Waals surface area contributed by atoms with Crippen molar-refractivity contribution in [2.75, 3.05) is 5.32 Å². The molecule has 4 heteroatoms. The summed E-state index contributed by atoms with van der Waals surface area (Å²) in [6.07, 6.45) is 4.22. The Morgan fingerprint density at radius 1 is 1.33 bits per heavy atom. The predicted octanol–water partition coefficient (Wildman–Crippen LogP) is 2.03. The van der Waals surface area contributed by atoms with E-state index in [0.717, 1.165) is 16.8 Å². The number of benzene rings is 1. The Bertz CT molecular complexity index is 543. The topological polar surface area (TPSA) is 58.5 Å². The Morgan fingerprint density at radius 3 is 2.72 bits per heavy atom. The molecule has 4 nitrogen and oxygen atoms in total. The summed E-state index contributed by atoms with van der Waals surface area (Å²) in [6.45, 7) is 3.94. The number of amides is 2. The van der Waals surface area contributed by atoms with Crippen LogP contribution in [0.1, 0.15) is 11.1 Å². The van der Waals surface area contributed by atoms with Gasteiger partial charge in [-0.05, 0) is 25.5 Å². The summed E-state index contributed by atoms with van der Waals surface area (Å²) in [5.74, 6) is -0.997. The van der Waals surface area contributed by atoms with Gasteiger partial charge in [0, 0.05) is 18.0 Å². The molecule has 1 unspecified atom stereocenters. The molecule has 0 radical (unpaired) electrons. The molecule has 18 heavy (non-hydrogen) atoms. The van der Waals surface area contributed by atoms with Gasteiger partial charge in [-0.1, -0.05) is 23.8 Å². The number of carbonyl (C=O) groups is 2. The lowest BCUT2D eigenvalue weighted by Gasteiger charge is -2.13. The SMILES string of the molecule is Cc1ccc(NC(=O)C2C=CC(=O)N=C2)c(C)c1. The molecule has 1 N–H and O–H groups in total. The molecule has 0 aromatic heterocycles. The van der Waals surface area contributed by atoms with E-state index in [2.05, 4.69) is 10.3 Å². The number of aliphatic imine (C=N–C) groups is 1. The molecular weight excluding hydrogens is 228 g/mol. The number of carbonyl (C=O) groups excluding carboxylic acids is 2. The Hall–Kier alpha value is -2.23. The minimum absolute atomic E-state index is 0.186. The summed E-state index contributed by atoms with van der Waals surface area (Å²) in [5, 5.41) is 2.83. The molecule has 2 rings (SSSR count). The minimum atomic E-state index is -0.483. The number of nitrogens with zero attached hydrogens (tertiary/aromatic N) is 1. The second kappa shape index (κ2) is 4.96. The summed E-state index contributed by atoms with van der Waals surface area (Å²) in [5.41, 5.74) is 2.94. The van der Waals surface area contributed by atoms with Crippen molar-refractivity contribution in [2.45, 2.75) is 13.8 Å². The van der Waals surface area contributed by atoms with E-state index in [0.29, 0.717) is 0 Å². The second-order valence-electron chi connectivity index (χ2n) is 4.31. The average molecular weight is 242 g/mol. The molecule has 0 fully saturated rings. The Morgan fingerprint density at radius 2 is 2.11 bits per heavy atom. The van der Waals surface area contributed by atoms with E-state index in [1.165, 1.54) is 12.3 Å². The predicted molar refractivity (Wildman–Crippen MR) is 70.7 cm³/mol. The zero-order valence-corrected chi connectivity index (χ0v) is 10.3. The van der Waals surface area contributed by atoms with Crippen molar-refractivity contribution in [2.24, 2.45) is 10.9 Å². The van der Waals surface area contributed by atoms with Crippen LogP contribution < -0.4 is 5.32 Å². The van der Waals surface area contributed by atoms with Crippen LogP contribution in [0.5, 0.6) is 0 Å². The Labute approximate surface area is 105 Å². The van der Waals surface area contributed by atoms with E-state index < -0.39 is 5.92 Å². The van der Waals surface area contributed by atoms with E-state index in [4.69, 9.17) is 0 Å². The van der Waals surface area contributed by atoms with Crippen LogP contribution in [0.15, 0.2) is 35.3 Å². The molecule has 1 aromatic carbocycles. The molecule has 1 aliphatic rings. The highest BCUT2D eigenvalue weighted by molar-refractivity contribution is 6.09. The van der Waals surface area contributed by atoms with Crippen LogP contribution in [0.25, 0.3) is 0 Å². The first-order chi connectivity index (χ1) is 8.56. The first-order valence-electron chi connectivity index (χ1n) is 5.71. The van der Waals surface area contributed by atoms with E-state index >= 15 is 0 Å². The molecule has 1 aromatic rings. The van der Waals surface area contributed by atoms with E-state index in [9.17, 15) is 9.59 Å². The highest BCUT2D eigenvalue weighted by Gasteiger charge is 2.17. The van der Waals surface area contributed by atoms with Crippen LogP contribution in [-0.4, -0.2) is 18.0 Å². The van der Waals surface area contributed by atoms with Gasteiger partial charge in [0.25, 0.3) is 5.91 Å². The number of anilines is 1. The van der Waals surface area contributed by atoms with Crippen LogP contribution in [0, 0.1) is 19.8 Å². The molecule has 0 aliphatic carbocycles. The van der Waals surface area contributed by atoms with Crippen molar-refractivity contribution >= 4 is 23.7 Å². The van der Waals surface area contributed by atoms with Crippen LogP contribution in [0.2, 0.25) is 0 Å². The van der Waals surface area contributed by atoms with Crippen LogP contribution in [0.3, 0.4) is 0 Å². The van der Waals surface area contributed by atoms with Gasteiger partial charge in [0.1, 0.15) is 0 Å². The Balaban J connectivity index is 2.10. The fraction of sp³-hybridized carbons (Fsp3) is 0.214. The van der Waals surface area contributed by atoms with Gasteiger partial charge in [-0.15, -0.1) is 0 Å². The van der Waals surface area contributed by atoms with Crippen molar-refractivity contribution in [1.82, 2.24) is 0 Å². The molecule has 0 saturated carbocycles. The normalized spacial score (nSPS) is 17.9. The summed E-state index contributed by atoms with van der Waals surface area (Å²) in [4.78, 5) is 26.4. The maximum atomic E-state index is 11.9. The number of hydrogen-bond donors (Lipinski definition) is 1. The molecule has 0 bridgehead atoms. The lowest BCUT2D eigenvalue weighted by atomic mass is 10.1. The largest absolute Gasteiger partial charge is 0.325 e. The highest BCUT2D eigenvalue weighted by Crippen LogP contribution is 2.17. The van der Waals surface area contributed by atoms with Crippen LogP contribution >= 0.6 is 0 Å². The van der Waals surface area contributed by atoms with E-state index in [-0.39, 0.29) is 11.8 Å². The number of aryl methyl sites for hydroxylation is 2. The zero-order valence-electron chi connectivity index (χ0n) is 10.3. The van der Waals surface area contributed by atoms with Crippen LogP contribution in [-0.2, 0) is 9.59 Å². The summed E-state index contributed by atoms with van der Waals surface area (Å²) in [7, 11) is 0. The van der Waals surface area contributed by atoms with Gasteiger partial charge in [-0.25, -0.2) is 4.99 Å². The smallest absolute Gasteiger partial charge is 0.269 e. The van der Waals surface area contributed by atoms with Crippen molar-refractivity contribution in [3.8, 4) is 0 Å². The molecule has 92 valence electrons. The molecule has 1 aliphatic heterocycles. The fourth-order valence-electron chi connectivity index (χ4n) is 1.76. The van der Waals surface area contributed by atoms with Gasteiger partial charge in [0.2, 0.25) is 5.91 Å². The van der Waals surface area contributed by atoms with Gasteiger partial charge >= 0.3 is 0 Å². The summed E-state index contributed by atoms with van der Waals surface area (Å²) < 4.78 is 0. The van der Waals surface area contributed by atoms with E-state index in [1.54, 1.807) is 6.08 Å². The third-order valence-electron chi connectivity index (χ3n) is 2.75. The second-order valence-corrected chi connectivity index (χ2v) is 4.31. The average Bonchev–Trinajstić information content (AvgIpc) is 2.33. The maximum absolute atomic E-state index is 11.9. The van der Waals surface area contributed by atoms with Crippen molar-refractivity contribution in [3.05, 3.63) is 41.5 Å². The lowest BCUT2D eigenvalue weighted by Crippen LogP contribution is -2.24. The monoisotopic (exact) mass is 242 g/mol. The first-order valence-corrected chi connectivity index (χ1v) is 5.71. The molecule has 1 heterocycles. The molecule has 0 spiro atoms. The van der Waals surface area contributed by atoms with Crippen molar-refractivity contribution in [1.29, 1.82) is 0 Å². The van der Waals surface area contributed by atoms with Gasteiger partial charge in [-0.3, -0.25) is 9.59 Å². The number of nitrogens with one attached hydrogen (secondary N) is 1. The highest BCUT2D eigenvalue weighted by atomic mass is 16.2. The number of rotatable bonds is 2. The van der Waals surface area contributed by atoms with Gasteiger partial charge in [0.15, 0.2) is 0 Å². The minimum Gasteiger partial charge on any atom is -0.325 e. The third-order valence-corrected chi connectivity index (χ3v) is 2.75. The summed E-state index contributed by atoms with van der Waals surface area (Å²) in [6, 6.07) is 5.82. The summed E-state index contributed by atoms with van der Waals surface area (Å²) >= 11 is 0. The van der Waals surface area contributed by atoms with Gasteiger partial charge < -0.3 is 5.32 Å². The molecule has 2 amide bonds. The van der Waals surface area contributed by atoms with Crippen molar-refractivity contribution < 1.29 is 9.59 Å². The Kier molecular flexibility index (Phi) is 3.37. The first kappa shape index (κ1) is 12.2. The third kappa shape index (κ3) is 2.71. The molecule has 0 saturated heterocycles. The number of hydrogen-bond acceptors (Lipinski definition) is 2. The van der Waals surface area contributed by atoms with E-state index in [1.807, 2.05) is 32.0 Å². The number of dihydropyridines is 1. The molecular formula is C14H14N2O2. The van der Waals surface area contributed by atoms with Crippen molar-refractivity contribution in [3.63, 3.8) is 0 Å². The standard InChI is InChI=1S/C14H14N2O2/c1-9-3-5-12(10(2)7-9)16-14(18)11-4-6-13(17)15-8-11/h3-8,11H,1-2H3,(H,16,18). The maximum Gasteiger partial charge on any atom is 0.269 e.